The number of aliphatic carboxylic acids is 1. The van der Waals surface area contributed by atoms with Gasteiger partial charge in [0.1, 0.15) is 0 Å². The SMILES string of the molecule is CC(/C=C/C(=O)O)=C\C(C)CC1CCCCC1. The van der Waals surface area contributed by atoms with Crippen molar-refractivity contribution in [2.24, 2.45) is 11.8 Å². The van der Waals surface area contributed by atoms with E-state index in [2.05, 4.69) is 13.0 Å². The van der Waals surface area contributed by atoms with Crippen LogP contribution in [-0.2, 0) is 4.79 Å². The van der Waals surface area contributed by atoms with Crippen LogP contribution in [-0.4, -0.2) is 11.1 Å². The topological polar surface area (TPSA) is 37.3 Å². The molecule has 0 saturated heterocycles. The van der Waals surface area contributed by atoms with E-state index in [1.165, 1.54) is 44.6 Å². The highest BCUT2D eigenvalue weighted by Gasteiger charge is 2.15. The van der Waals surface area contributed by atoms with Crippen molar-refractivity contribution in [2.45, 2.75) is 52.4 Å². The summed E-state index contributed by atoms with van der Waals surface area (Å²) < 4.78 is 0. The fraction of sp³-hybridized carbons (Fsp3) is 0.667. The van der Waals surface area contributed by atoms with Gasteiger partial charge in [0.25, 0.3) is 0 Å². The van der Waals surface area contributed by atoms with Crippen LogP contribution in [0.25, 0.3) is 0 Å². The number of carboxylic acids is 1. The molecular formula is C15H24O2. The van der Waals surface area contributed by atoms with Crippen LogP contribution < -0.4 is 0 Å². The molecule has 0 spiro atoms. The van der Waals surface area contributed by atoms with E-state index in [-0.39, 0.29) is 0 Å². The summed E-state index contributed by atoms with van der Waals surface area (Å²) in [4.78, 5) is 10.4. The van der Waals surface area contributed by atoms with Crippen molar-refractivity contribution in [2.75, 3.05) is 0 Å². The molecule has 0 aromatic carbocycles. The van der Waals surface area contributed by atoms with Crippen LogP contribution in [0.4, 0.5) is 0 Å². The fourth-order valence-corrected chi connectivity index (χ4v) is 2.72. The number of allylic oxidation sites excluding steroid dienone is 3. The van der Waals surface area contributed by atoms with Crippen LogP contribution in [0.2, 0.25) is 0 Å². The first-order valence-corrected chi connectivity index (χ1v) is 6.67. The highest BCUT2D eigenvalue weighted by Crippen LogP contribution is 2.29. The number of hydrogen-bond acceptors (Lipinski definition) is 1. The van der Waals surface area contributed by atoms with Gasteiger partial charge >= 0.3 is 5.97 Å². The van der Waals surface area contributed by atoms with Gasteiger partial charge in [0.2, 0.25) is 0 Å². The smallest absolute Gasteiger partial charge is 0.328 e. The molecule has 1 N–H and O–H groups in total. The van der Waals surface area contributed by atoms with Gasteiger partial charge in [-0.15, -0.1) is 0 Å². The molecule has 0 bridgehead atoms. The minimum atomic E-state index is -0.877. The summed E-state index contributed by atoms with van der Waals surface area (Å²) in [6.07, 6.45) is 13.3. The third-order valence-electron chi connectivity index (χ3n) is 3.47. The molecular weight excluding hydrogens is 212 g/mol. The standard InChI is InChI=1S/C15H24O2/c1-12(8-9-15(16)17)10-13(2)11-14-6-4-3-5-7-14/h8-10,13-14H,3-7,11H2,1-2H3,(H,16,17)/b9-8+,12-10+. The normalized spacial score (nSPS) is 20.7. The second-order valence-corrected chi connectivity index (χ2v) is 5.30. The maximum absolute atomic E-state index is 10.4. The summed E-state index contributed by atoms with van der Waals surface area (Å²) in [5, 5.41) is 8.54. The third-order valence-corrected chi connectivity index (χ3v) is 3.47. The maximum Gasteiger partial charge on any atom is 0.328 e. The van der Waals surface area contributed by atoms with Gasteiger partial charge in [-0.05, 0) is 25.2 Å². The van der Waals surface area contributed by atoms with Crippen molar-refractivity contribution in [3.05, 3.63) is 23.8 Å². The quantitative estimate of drug-likeness (QED) is 0.574. The van der Waals surface area contributed by atoms with E-state index < -0.39 is 5.97 Å². The molecule has 1 fully saturated rings. The Balaban J connectivity index is 2.38. The predicted molar refractivity (Wildman–Crippen MR) is 70.9 cm³/mol. The molecule has 0 amide bonds. The van der Waals surface area contributed by atoms with Crippen molar-refractivity contribution >= 4 is 5.97 Å². The molecule has 1 aliphatic carbocycles. The first-order valence-electron chi connectivity index (χ1n) is 6.67. The van der Waals surface area contributed by atoms with Crippen LogP contribution in [0.1, 0.15) is 52.4 Å². The molecule has 2 nitrogen and oxygen atoms in total. The largest absolute Gasteiger partial charge is 0.478 e. The Morgan fingerprint density at radius 3 is 2.53 bits per heavy atom. The summed E-state index contributed by atoms with van der Waals surface area (Å²) in [5.41, 5.74) is 1.05. The van der Waals surface area contributed by atoms with Crippen molar-refractivity contribution in [1.82, 2.24) is 0 Å². The van der Waals surface area contributed by atoms with Crippen molar-refractivity contribution < 1.29 is 9.90 Å². The highest BCUT2D eigenvalue weighted by molar-refractivity contribution is 5.80. The van der Waals surface area contributed by atoms with Gasteiger partial charge in [0.15, 0.2) is 0 Å². The Morgan fingerprint density at radius 1 is 1.29 bits per heavy atom. The summed E-state index contributed by atoms with van der Waals surface area (Å²) in [7, 11) is 0. The van der Waals surface area contributed by atoms with Crippen LogP contribution in [0.3, 0.4) is 0 Å². The van der Waals surface area contributed by atoms with Crippen molar-refractivity contribution in [3.8, 4) is 0 Å². The minimum absolute atomic E-state index is 0.552. The molecule has 1 saturated carbocycles. The van der Waals surface area contributed by atoms with E-state index in [9.17, 15) is 4.79 Å². The average molecular weight is 236 g/mol. The van der Waals surface area contributed by atoms with E-state index in [0.29, 0.717) is 5.92 Å². The second-order valence-electron chi connectivity index (χ2n) is 5.30. The van der Waals surface area contributed by atoms with E-state index in [1.807, 2.05) is 6.92 Å². The lowest BCUT2D eigenvalue weighted by Crippen LogP contribution is -2.09. The van der Waals surface area contributed by atoms with E-state index >= 15 is 0 Å². The van der Waals surface area contributed by atoms with Crippen molar-refractivity contribution in [3.63, 3.8) is 0 Å². The highest BCUT2D eigenvalue weighted by atomic mass is 16.4. The number of hydrogen-bond donors (Lipinski definition) is 1. The third kappa shape index (κ3) is 6.30. The van der Waals surface area contributed by atoms with Gasteiger partial charge in [-0.25, -0.2) is 4.79 Å². The fourth-order valence-electron chi connectivity index (χ4n) is 2.72. The van der Waals surface area contributed by atoms with Crippen molar-refractivity contribution in [1.29, 1.82) is 0 Å². The molecule has 1 aliphatic rings. The molecule has 17 heavy (non-hydrogen) atoms. The molecule has 0 aromatic heterocycles. The second kappa shape index (κ2) is 7.31. The summed E-state index contributed by atoms with van der Waals surface area (Å²) in [6, 6.07) is 0. The first-order chi connectivity index (χ1) is 8.08. The monoisotopic (exact) mass is 236 g/mol. The lowest BCUT2D eigenvalue weighted by molar-refractivity contribution is -0.131. The molecule has 96 valence electrons. The Kier molecular flexibility index (Phi) is 6.03. The molecule has 0 heterocycles. The molecule has 0 radical (unpaired) electrons. The summed E-state index contributed by atoms with van der Waals surface area (Å²) in [6.45, 7) is 4.20. The predicted octanol–water partition coefficient (Wildman–Crippen LogP) is 4.18. The van der Waals surface area contributed by atoms with Gasteiger partial charge in [-0.2, -0.15) is 0 Å². The zero-order valence-electron chi connectivity index (χ0n) is 11.0. The maximum atomic E-state index is 10.4. The minimum Gasteiger partial charge on any atom is -0.478 e. The average Bonchev–Trinajstić information content (AvgIpc) is 2.27. The van der Waals surface area contributed by atoms with Gasteiger partial charge in [-0.1, -0.05) is 56.8 Å². The molecule has 2 heteroatoms. The molecule has 0 aromatic rings. The lowest BCUT2D eigenvalue weighted by atomic mass is 9.83. The van der Waals surface area contributed by atoms with Crippen LogP contribution in [0.15, 0.2) is 23.8 Å². The number of carboxylic acid groups (broad SMARTS) is 1. The van der Waals surface area contributed by atoms with E-state index in [0.717, 1.165) is 11.5 Å². The van der Waals surface area contributed by atoms with Crippen LogP contribution in [0, 0.1) is 11.8 Å². The molecule has 1 unspecified atom stereocenters. The lowest BCUT2D eigenvalue weighted by Gasteiger charge is -2.23. The van der Waals surface area contributed by atoms with E-state index in [4.69, 9.17) is 5.11 Å². The summed E-state index contributed by atoms with van der Waals surface area (Å²) in [5.74, 6) is 0.556. The Labute approximate surface area is 104 Å². The van der Waals surface area contributed by atoms with Gasteiger partial charge < -0.3 is 5.11 Å². The molecule has 0 aliphatic heterocycles. The van der Waals surface area contributed by atoms with Gasteiger partial charge in [0.05, 0.1) is 0 Å². The van der Waals surface area contributed by atoms with Gasteiger partial charge in [0, 0.05) is 6.08 Å². The molecule has 1 atom stereocenters. The zero-order chi connectivity index (χ0) is 12.7. The van der Waals surface area contributed by atoms with Gasteiger partial charge in [-0.3, -0.25) is 0 Å². The summed E-state index contributed by atoms with van der Waals surface area (Å²) >= 11 is 0. The number of rotatable bonds is 5. The van der Waals surface area contributed by atoms with Crippen LogP contribution >= 0.6 is 0 Å². The van der Waals surface area contributed by atoms with Crippen LogP contribution in [0.5, 0.6) is 0 Å². The first kappa shape index (κ1) is 14.0. The van der Waals surface area contributed by atoms with E-state index in [1.54, 1.807) is 6.08 Å². The molecule has 1 rings (SSSR count). The Hall–Kier alpha value is -1.05. The number of carbonyl (C=O) groups is 1. The zero-order valence-corrected chi connectivity index (χ0v) is 11.0. The Morgan fingerprint density at radius 2 is 1.94 bits per heavy atom. The Bertz CT molecular complexity index is 296.